The Morgan fingerprint density at radius 3 is 2.48 bits per heavy atom. The topological polar surface area (TPSA) is 84.2 Å². The Hall–Kier alpha value is -1.88. The average molecular weight is 289 g/mol. The second kappa shape index (κ2) is 7.22. The normalized spacial score (nSPS) is 17.2. The summed E-state index contributed by atoms with van der Waals surface area (Å²) < 4.78 is 0. The lowest BCUT2D eigenvalue weighted by molar-refractivity contribution is -0.117. The summed E-state index contributed by atoms with van der Waals surface area (Å²) in [5, 5.41) is 6.21. The molecule has 21 heavy (non-hydrogen) atoms. The molecule has 1 fully saturated rings. The van der Waals surface area contributed by atoms with Crippen molar-refractivity contribution in [2.24, 2.45) is 17.6 Å². The van der Waals surface area contributed by atoms with Gasteiger partial charge in [-0.2, -0.15) is 0 Å². The summed E-state index contributed by atoms with van der Waals surface area (Å²) >= 11 is 0. The Labute approximate surface area is 125 Å². The van der Waals surface area contributed by atoms with Crippen LogP contribution in [0, 0.1) is 11.8 Å². The summed E-state index contributed by atoms with van der Waals surface area (Å²) in [6, 6.07) is 6.64. The molecule has 1 atom stereocenters. The maximum atomic E-state index is 12.1. The SMILES string of the molecule is CC(CC(=O)Nc1ccc(C(N)=O)cc1)C1CCNCC1. The van der Waals surface area contributed by atoms with Gasteiger partial charge in [0.1, 0.15) is 0 Å². The van der Waals surface area contributed by atoms with Gasteiger partial charge >= 0.3 is 0 Å². The predicted octanol–water partition coefficient (Wildman–Crippen LogP) is 1.75. The Balaban J connectivity index is 1.84. The van der Waals surface area contributed by atoms with Crippen molar-refractivity contribution in [1.29, 1.82) is 0 Å². The lowest BCUT2D eigenvalue weighted by Gasteiger charge is -2.27. The molecule has 0 aliphatic carbocycles. The number of primary amides is 1. The molecule has 0 aromatic heterocycles. The Bertz CT molecular complexity index is 493. The van der Waals surface area contributed by atoms with Gasteiger partial charge in [0.25, 0.3) is 0 Å². The fourth-order valence-electron chi connectivity index (χ4n) is 2.80. The first-order valence-corrected chi connectivity index (χ1v) is 7.46. The zero-order chi connectivity index (χ0) is 15.2. The van der Waals surface area contributed by atoms with Crippen molar-refractivity contribution in [1.82, 2.24) is 5.32 Å². The van der Waals surface area contributed by atoms with Gasteiger partial charge in [0, 0.05) is 17.7 Å². The summed E-state index contributed by atoms with van der Waals surface area (Å²) in [5.74, 6) is 0.562. The molecule has 1 aliphatic rings. The molecule has 1 aliphatic heterocycles. The number of piperidine rings is 1. The minimum atomic E-state index is -0.465. The third-order valence-electron chi connectivity index (χ3n) is 4.15. The first-order valence-electron chi connectivity index (χ1n) is 7.46. The van der Waals surface area contributed by atoms with Gasteiger partial charge in [0.05, 0.1) is 0 Å². The van der Waals surface area contributed by atoms with E-state index in [0.717, 1.165) is 25.9 Å². The average Bonchev–Trinajstić information content (AvgIpc) is 2.48. The highest BCUT2D eigenvalue weighted by atomic mass is 16.2. The van der Waals surface area contributed by atoms with Crippen LogP contribution in [-0.2, 0) is 4.79 Å². The molecule has 0 saturated carbocycles. The van der Waals surface area contributed by atoms with E-state index in [0.29, 0.717) is 29.5 Å². The number of nitrogens with one attached hydrogen (secondary N) is 2. The number of carbonyl (C=O) groups excluding carboxylic acids is 2. The summed E-state index contributed by atoms with van der Waals surface area (Å²) in [6.45, 7) is 4.24. The number of hydrogen-bond donors (Lipinski definition) is 3. The number of benzene rings is 1. The quantitative estimate of drug-likeness (QED) is 0.772. The molecular formula is C16H23N3O2. The third kappa shape index (κ3) is 4.56. The van der Waals surface area contributed by atoms with Crippen LogP contribution in [-0.4, -0.2) is 24.9 Å². The summed E-state index contributed by atoms with van der Waals surface area (Å²) in [4.78, 5) is 23.1. The standard InChI is InChI=1S/C16H23N3O2/c1-11(12-6-8-18-9-7-12)10-15(20)19-14-4-2-13(3-5-14)16(17)21/h2-5,11-12,18H,6-10H2,1H3,(H2,17,21)(H,19,20). The van der Waals surface area contributed by atoms with E-state index in [1.165, 1.54) is 0 Å². The number of anilines is 1. The van der Waals surface area contributed by atoms with Crippen molar-refractivity contribution in [3.8, 4) is 0 Å². The minimum Gasteiger partial charge on any atom is -0.366 e. The van der Waals surface area contributed by atoms with Crippen LogP contribution in [0.25, 0.3) is 0 Å². The molecule has 1 aromatic carbocycles. The number of carbonyl (C=O) groups is 2. The maximum Gasteiger partial charge on any atom is 0.248 e. The molecule has 4 N–H and O–H groups in total. The maximum absolute atomic E-state index is 12.1. The van der Waals surface area contributed by atoms with Gasteiger partial charge in [-0.05, 0) is 62.0 Å². The summed E-state index contributed by atoms with van der Waals surface area (Å²) in [5.41, 5.74) is 6.32. The first kappa shape index (κ1) is 15.5. The van der Waals surface area contributed by atoms with Gasteiger partial charge in [-0.3, -0.25) is 9.59 Å². The van der Waals surface area contributed by atoms with Crippen LogP contribution >= 0.6 is 0 Å². The van der Waals surface area contributed by atoms with Crippen molar-refractivity contribution in [3.63, 3.8) is 0 Å². The van der Waals surface area contributed by atoms with E-state index >= 15 is 0 Å². The highest BCUT2D eigenvalue weighted by Gasteiger charge is 2.21. The van der Waals surface area contributed by atoms with Crippen molar-refractivity contribution < 1.29 is 9.59 Å². The number of hydrogen-bond acceptors (Lipinski definition) is 3. The van der Waals surface area contributed by atoms with E-state index in [-0.39, 0.29) is 5.91 Å². The van der Waals surface area contributed by atoms with E-state index in [4.69, 9.17) is 5.73 Å². The van der Waals surface area contributed by atoms with Crippen molar-refractivity contribution in [2.75, 3.05) is 18.4 Å². The molecule has 0 radical (unpaired) electrons. The largest absolute Gasteiger partial charge is 0.366 e. The van der Waals surface area contributed by atoms with E-state index in [9.17, 15) is 9.59 Å². The van der Waals surface area contributed by atoms with Crippen LogP contribution < -0.4 is 16.4 Å². The van der Waals surface area contributed by atoms with Gasteiger partial charge in [0.15, 0.2) is 0 Å². The van der Waals surface area contributed by atoms with Crippen LogP contribution in [0.4, 0.5) is 5.69 Å². The number of amides is 2. The second-order valence-electron chi connectivity index (χ2n) is 5.76. The molecule has 1 aromatic rings. The van der Waals surface area contributed by atoms with Crippen molar-refractivity contribution >= 4 is 17.5 Å². The van der Waals surface area contributed by atoms with Crippen LogP contribution in [0.2, 0.25) is 0 Å². The molecule has 1 heterocycles. The number of rotatable bonds is 5. The van der Waals surface area contributed by atoms with Crippen LogP contribution in [0.15, 0.2) is 24.3 Å². The van der Waals surface area contributed by atoms with Gasteiger partial charge in [-0.25, -0.2) is 0 Å². The summed E-state index contributed by atoms with van der Waals surface area (Å²) in [6.07, 6.45) is 2.81. The monoisotopic (exact) mass is 289 g/mol. The van der Waals surface area contributed by atoms with Gasteiger partial charge in [0.2, 0.25) is 11.8 Å². The first-order chi connectivity index (χ1) is 10.1. The van der Waals surface area contributed by atoms with Gasteiger partial charge in [-0.1, -0.05) is 6.92 Å². The number of nitrogens with two attached hydrogens (primary N) is 1. The third-order valence-corrected chi connectivity index (χ3v) is 4.15. The Morgan fingerprint density at radius 1 is 1.29 bits per heavy atom. The van der Waals surface area contributed by atoms with Gasteiger partial charge in [-0.15, -0.1) is 0 Å². The molecule has 5 nitrogen and oxygen atoms in total. The smallest absolute Gasteiger partial charge is 0.248 e. The zero-order valence-corrected chi connectivity index (χ0v) is 12.4. The lowest BCUT2D eigenvalue weighted by Crippen LogP contribution is -2.32. The van der Waals surface area contributed by atoms with Crippen molar-refractivity contribution in [3.05, 3.63) is 29.8 Å². The molecule has 1 saturated heterocycles. The Morgan fingerprint density at radius 2 is 1.90 bits per heavy atom. The van der Waals surface area contributed by atoms with E-state index in [1.54, 1.807) is 24.3 Å². The van der Waals surface area contributed by atoms with E-state index in [1.807, 2.05) is 0 Å². The predicted molar refractivity (Wildman–Crippen MR) is 83.0 cm³/mol. The molecule has 5 heteroatoms. The van der Waals surface area contributed by atoms with E-state index in [2.05, 4.69) is 17.6 Å². The molecule has 0 bridgehead atoms. The summed E-state index contributed by atoms with van der Waals surface area (Å²) in [7, 11) is 0. The highest BCUT2D eigenvalue weighted by molar-refractivity contribution is 5.94. The fraction of sp³-hybridized carbons (Fsp3) is 0.500. The van der Waals surface area contributed by atoms with E-state index < -0.39 is 5.91 Å². The molecule has 1 unspecified atom stereocenters. The molecule has 2 rings (SSSR count). The lowest BCUT2D eigenvalue weighted by atomic mass is 9.84. The second-order valence-corrected chi connectivity index (χ2v) is 5.76. The van der Waals surface area contributed by atoms with Crippen LogP contribution in [0.5, 0.6) is 0 Å². The minimum absolute atomic E-state index is 0.0212. The van der Waals surface area contributed by atoms with Crippen LogP contribution in [0.3, 0.4) is 0 Å². The molecular weight excluding hydrogens is 266 g/mol. The zero-order valence-electron chi connectivity index (χ0n) is 12.4. The van der Waals surface area contributed by atoms with Crippen molar-refractivity contribution in [2.45, 2.75) is 26.2 Å². The van der Waals surface area contributed by atoms with Crippen LogP contribution in [0.1, 0.15) is 36.5 Å². The molecule has 114 valence electrons. The Kier molecular flexibility index (Phi) is 5.33. The highest BCUT2D eigenvalue weighted by Crippen LogP contribution is 2.24. The van der Waals surface area contributed by atoms with Gasteiger partial charge < -0.3 is 16.4 Å². The molecule has 0 spiro atoms. The fourth-order valence-corrected chi connectivity index (χ4v) is 2.80. The molecule has 2 amide bonds.